The van der Waals surface area contributed by atoms with Crippen LogP contribution in [0.2, 0.25) is 0 Å². The van der Waals surface area contributed by atoms with Gasteiger partial charge in [-0.1, -0.05) is 19.8 Å². The molecule has 82 valence electrons. The third-order valence-electron chi connectivity index (χ3n) is 3.01. The number of carbonyl (C=O) groups excluding carboxylic acids is 1. The smallest absolute Gasteiger partial charge is 0.305 e. The van der Waals surface area contributed by atoms with E-state index in [2.05, 4.69) is 0 Å². The van der Waals surface area contributed by atoms with Crippen LogP contribution in [-0.2, 0) is 9.53 Å². The zero-order valence-corrected chi connectivity index (χ0v) is 9.00. The van der Waals surface area contributed by atoms with E-state index in [1.807, 2.05) is 6.92 Å². The first-order valence-corrected chi connectivity index (χ1v) is 5.65. The van der Waals surface area contributed by atoms with Crippen molar-refractivity contribution in [2.75, 3.05) is 6.61 Å². The number of hydrogen-bond donors (Lipinski definition) is 1. The summed E-state index contributed by atoms with van der Waals surface area (Å²) in [5, 5.41) is 0. The minimum absolute atomic E-state index is 0.102. The van der Waals surface area contributed by atoms with E-state index in [1.165, 1.54) is 19.3 Å². The van der Waals surface area contributed by atoms with Gasteiger partial charge in [-0.2, -0.15) is 0 Å². The highest BCUT2D eigenvalue weighted by molar-refractivity contribution is 5.68. The molecule has 0 aromatic rings. The standard InChI is InChI=1S/C11H21NO2/c1-2-11(13)14-8-7-9-5-3-4-6-10(9)12/h9-10H,2-8,12H2,1H3/t9?,10-/m1/s1. The molecule has 1 saturated carbocycles. The number of rotatable bonds is 4. The predicted octanol–water partition coefficient (Wildman–Crippen LogP) is 1.85. The Morgan fingerprint density at radius 3 is 2.79 bits per heavy atom. The monoisotopic (exact) mass is 199 g/mol. The molecule has 1 fully saturated rings. The Hall–Kier alpha value is -0.570. The van der Waals surface area contributed by atoms with Crippen LogP contribution in [-0.4, -0.2) is 18.6 Å². The molecule has 1 unspecified atom stereocenters. The van der Waals surface area contributed by atoms with E-state index in [4.69, 9.17) is 10.5 Å². The molecular formula is C11H21NO2. The average molecular weight is 199 g/mol. The van der Waals surface area contributed by atoms with Crippen LogP contribution in [0.25, 0.3) is 0 Å². The van der Waals surface area contributed by atoms with E-state index in [0.29, 0.717) is 25.0 Å². The van der Waals surface area contributed by atoms with Crippen LogP contribution in [0.4, 0.5) is 0 Å². The second-order valence-electron chi connectivity index (χ2n) is 4.07. The predicted molar refractivity (Wildman–Crippen MR) is 55.8 cm³/mol. The van der Waals surface area contributed by atoms with Gasteiger partial charge in [0.1, 0.15) is 0 Å². The Kier molecular flexibility index (Phi) is 4.94. The minimum atomic E-state index is -0.102. The Morgan fingerprint density at radius 1 is 1.43 bits per heavy atom. The minimum Gasteiger partial charge on any atom is -0.466 e. The van der Waals surface area contributed by atoms with Crippen LogP contribution in [0, 0.1) is 5.92 Å². The first-order chi connectivity index (χ1) is 6.74. The van der Waals surface area contributed by atoms with Gasteiger partial charge in [0.05, 0.1) is 6.61 Å². The quantitative estimate of drug-likeness (QED) is 0.703. The van der Waals surface area contributed by atoms with Crippen molar-refractivity contribution in [3.8, 4) is 0 Å². The lowest BCUT2D eigenvalue weighted by Crippen LogP contribution is -2.33. The van der Waals surface area contributed by atoms with E-state index in [-0.39, 0.29) is 5.97 Å². The Labute approximate surface area is 86.0 Å². The van der Waals surface area contributed by atoms with Gasteiger partial charge in [0.15, 0.2) is 0 Å². The maximum Gasteiger partial charge on any atom is 0.305 e. The summed E-state index contributed by atoms with van der Waals surface area (Å²) in [4.78, 5) is 10.9. The van der Waals surface area contributed by atoms with E-state index < -0.39 is 0 Å². The number of nitrogens with two attached hydrogens (primary N) is 1. The summed E-state index contributed by atoms with van der Waals surface area (Å²) in [6.45, 7) is 2.36. The Morgan fingerprint density at radius 2 is 2.14 bits per heavy atom. The highest BCUT2D eigenvalue weighted by Crippen LogP contribution is 2.25. The molecule has 3 nitrogen and oxygen atoms in total. The molecule has 0 amide bonds. The normalized spacial score (nSPS) is 27.3. The molecule has 0 bridgehead atoms. The van der Waals surface area contributed by atoms with Crippen molar-refractivity contribution in [3.05, 3.63) is 0 Å². The fraction of sp³-hybridized carbons (Fsp3) is 0.909. The van der Waals surface area contributed by atoms with Gasteiger partial charge in [-0.3, -0.25) is 4.79 Å². The summed E-state index contributed by atoms with van der Waals surface area (Å²) in [5.41, 5.74) is 5.99. The molecule has 0 saturated heterocycles. The molecule has 14 heavy (non-hydrogen) atoms. The van der Waals surface area contributed by atoms with Gasteiger partial charge in [0, 0.05) is 12.5 Å². The summed E-state index contributed by atoms with van der Waals surface area (Å²) in [6.07, 6.45) is 6.27. The fourth-order valence-electron chi connectivity index (χ4n) is 2.02. The lowest BCUT2D eigenvalue weighted by molar-refractivity contribution is -0.143. The number of esters is 1. The molecule has 2 atom stereocenters. The van der Waals surface area contributed by atoms with Gasteiger partial charge >= 0.3 is 5.97 Å². The van der Waals surface area contributed by atoms with Crippen molar-refractivity contribution < 1.29 is 9.53 Å². The number of carbonyl (C=O) groups is 1. The Balaban J connectivity index is 2.13. The molecular weight excluding hydrogens is 178 g/mol. The molecule has 0 aromatic heterocycles. The van der Waals surface area contributed by atoms with Crippen molar-refractivity contribution >= 4 is 5.97 Å². The van der Waals surface area contributed by atoms with Crippen LogP contribution in [0.1, 0.15) is 45.4 Å². The maximum absolute atomic E-state index is 10.9. The van der Waals surface area contributed by atoms with Gasteiger partial charge in [0.25, 0.3) is 0 Å². The van der Waals surface area contributed by atoms with Crippen LogP contribution in [0.15, 0.2) is 0 Å². The van der Waals surface area contributed by atoms with Gasteiger partial charge < -0.3 is 10.5 Å². The molecule has 1 aliphatic rings. The van der Waals surface area contributed by atoms with E-state index in [1.54, 1.807) is 0 Å². The molecule has 2 N–H and O–H groups in total. The summed E-state index contributed by atoms with van der Waals surface area (Å²) in [5.74, 6) is 0.461. The summed E-state index contributed by atoms with van der Waals surface area (Å²) in [7, 11) is 0. The van der Waals surface area contributed by atoms with Gasteiger partial charge in [0.2, 0.25) is 0 Å². The fourth-order valence-corrected chi connectivity index (χ4v) is 2.02. The van der Waals surface area contributed by atoms with Crippen molar-refractivity contribution in [2.45, 2.75) is 51.5 Å². The highest BCUT2D eigenvalue weighted by atomic mass is 16.5. The third kappa shape index (κ3) is 3.66. The molecule has 3 heteroatoms. The molecule has 0 aliphatic heterocycles. The van der Waals surface area contributed by atoms with Gasteiger partial charge in [-0.15, -0.1) is 0 Å². The Bertz CT molecular complexity index is 182. The molecule has 1 aliphatic carbocycles. The van der Waals surface area contributed by atoms with Crippen LogP contribution in [0.3, 0.4) is 0 Å². The molecule has 1 rings (SSSR count). The van der Waals surface area contributed by atoms with E-state index in [9.17, 15) is 4.79 Å². The lowest BCUT2D eigenvalue weighted by Gasteiger charge is -2.28. The SMILES string of the molecule is CCC(=O)OCCC1CCCC[C@H]1N. The van der Waals surface area contributed by atoms with E-state index >= 15 is 0 Å². The average Bonchev–Trinajstić information content (AvgIpc) is 2.20. The van der Waals surface area contributed by atoms with Crippen LogP contribution < -0.4 is 5.73 Å². The molecule has 0 radical (unpaired) electrons. The summed E-state index contributed by atoms with van der Waals surface area (Å²) in [6, 6.07) is 0.323. The van der Waals surface area contributed by atoms with Crippen molar-refractivity contribution in [3.63, 3.8) is 0 Å². The zero-order valence-electron chi connectivity index (χ0n) is 9.00. The second-order valence-corrected chi connectivity index (χ2v) is 4.07. The molecule has 0 spiro atoms. The number of hydrogen-bond acceptors (Lipinski definition) is 3. The maximum atomic E-state index is 10.9. The number of ether oxygens (including phenoxy) is 1. The molecule has 0 heterocycles. The second kappa shape index (κ2) is 6.02. The topological polar surface area (TPSA) is 52.3 Å². The van der Waals surface area contributed by atoms with Gasteiger partial charge in [-0.25, -0.2) is 0 Å². The first-order valence-electron chi connectivity index (χ1n) is 5.65. The van der Waals surface area contributed by atoms with Crippen LogP contribution >= 0.6 is 0 Å². The van der Waals surface area contributed by atoms with E-state index in [0.717, 1.165) is 12.8 Å². The summed E-state index contributed by atoms with van der Waals surface area (Å²) < 4.78 is 5.05. The van der Waals surface area contributed by atoms with Crippen molar-refractivity contribution in [1.82, 2.24) is 0 Å². The lowest BCUT2D eigenvalue weighted by atomic mass is 9.83. The van der Waals surface area contributed by atoms with Crippen LogP contribution in [0.5, 0.6) is 0 Å². The molecule has 0 aromatic carbocycles. The largest absolute Gasteiger partial charge is 0.466 e. The summed E-state index contributed by atoms with van der Waals surface area (Å²) >= 11 is 0. The van der Waals surface area contributed by atoms with Crippen molar-refractivity contribution in [1.29, 1.82) is 0 Å². The third-order valence-corrected chi connectivity index (χ3v) is 3.01. The van der Waals surface area contributed by atoms with Gasteiger partial charge in [-0.05, 0) is 25.2 Å². The zero-order chi connectivity index (χ0) is 10.4. The highest BCUT2D eigenvalue weighted by Gasteiger charge is 2.21. The first kappa shape index (κ1) is 11.5. The van der Waals surface area contributed by atoms with Crippen molar-refractivity contribution in [2.24, 2.45) is 11.7 Å².